The van der Waals surface area contributed by atoms with Gasteiger partial charge in [0.2, 0.25) is 0 Å². The monoisotopic (exact) mass is 368 g/mol. The van der Waals surface area contributed by atoms with Crippen LogP contribution in [0.5, 0.6) is 0 Å². The minimum atomic E-state index is 0.734. The lowest BCUT2D eigenvalue weighted by Crippen LogP contribution is -2.40. The molecule has 98 valence electrons. The second kappa shape index (κ2) is 5.17. The predicted octanol–water partition coefficient (Wildman–Crippen LogP) is 1.21. The zero-order valence-corrected chi connectivity index (χ0v) is 12.5. The summed E-state index contributed by atoms with van der Waals surface area (Å²) < 4.78 is 2.89. The van der Waals surface area contributed by atoms with E-state index < -0.39 is 0 Å². The third-order valence-corrected chi connectivity index (χ3v) is 4.17. The van der Waals surface area contributed by atoms with Gasteiger partial charge in [-0.1, -0.05) is 30.3 Å². The molecule has 7 heteroatoms. The largest absolute Gasteiger partial charge is 0.266 e. The van der Waals surface area contributed by atoms with E-state index in [1.165, 1.54) is 5.56 Å². The van der Waals surface area contributed by atoms with Crippen molar-refractivity contribution in [1.29, 1.82) is 0 Å². The van der Waals surface area contributed by atoms with Crippen LogP contribution < -0.4 is 11.1 Å². The van der Waals surface area contributed by atoms with Gasteiger partial charge in [-0.2, -0.15) is 5.10 Å². The lowest BCUT2D eigenvalue weighted by atomic mass is 10.2. The van der Waals surface area contributed by atoms with E-state index in [2.05, 4.69) is 56.0 Å². The van der Waals surface area contributed by atoms with Crippen LogP contribution in [0, 0.1) is 3.70 Å². The molecule has 3 rings (SSSR count). The number of aryl methyl sites for hydroxylation is 1. The highest BCUT2D eigenvalue weighted by Gasteiger charge is 2.22. The SMILES string of the molecule is Cn1ncc(C2=NNNN2Cc2ccccc2)c1I. The van der Waals surface area contributed by atoms with E-state index in [9.17, 15) is 0 Å². The number of amidine groups is 1. The first kappa shape index (κ1) is 12.4. The van der Waals surface area contributed by atoms with Crippen LogP contribution in [-0.4, -0.2) is 20.6 Å². The highest BCUT2D eigenvalue weighted by Crippen LogP contribution is 2.16. The third-order valence-electron chi connectivity index (χ3n) is 2.89. The van der Waals surface area contributed by atoms with E-state index in [0.29, 0.717) is 0 Å². The second-order valence-electron chi connectivity index (χ2n) is 4.20. The highest BCUT2D eigenvalue weighted by atomic mass is 127. The molecule has 2 N–H and O–H groups in total. The van der Waals surface area contributed by atoms with Crippen LogP contribution in [0.4, 0.5) is 0 Å². The summed E-state index contributed by atoms with van der Waals surface area (Å²) in [6.45, 7) is 0.734. The van der Waals surface area contributed by atoms with E-state index in [0.717, 1.165) is 21.6 Å². The van der Waals surface area contributed by atoms with Gasteiger partial charge in [-0.15, -0.1) is 10.6 Å². The van der Waals surface area contributed by atoms with Crippen molar-refractivity contribution in [3.63, 3.8) is 0 Å². The van der Waals surface area contributed by atoms with Gasteiger partial charge >= 0.3 is 0 Å². The number of benzene rings is 1. The molecule has 0 atom stereocenters. The Morgan fingerprint density at radius 1 is 1.26 bits per heavy atom. The summed E-state index contributed by atoms with van der Waals surface area (Å²) in [5.74, 6) is 0.848. The molecule has 0 aliphatic carbocycles. The number of nitrogens with zero attached hydrogens (tertiary/aromatic N) is 4. The summed E-state index contributed by atoms with van der Waals surface area (Å²) in [5, 5.41) is 10.5. The second-order valence-corrected chi connectivity index (χ2v) is 5.23. The molecule has 1 aliphatic heterocycles. The van der Waals surface area contributed by atoms with Gasteiger partial charge in [0.15, 0.2) is 5.84 Å². The Bertz CT molecular complexity index is 606. The Labute approximate surface area is 124 Å². The van der Waals surface area contributed by atoms with Gasteiger partial charge in [0.1, 0.15) is 3.70 Å². The molecule has 0 spiro atoms. The maximum Gasteiger partial charge on any atom is 0.177 e. The lowest BCUT2D eigenvalue weighted by molar-refractivity contribution is 0.288. The van der Waals surface area contributed by atoms with Crippen molar-refractivity contribution >= 4 is 28.4 Å². The van der Waals surface area contributed by atoms with E-state index in [-0.39, 0.29) is 0 Å². The number of hydrazine groups is 2. The Hall–Kier alpha value is -1.61. The molecular weight excluding hydrogens is 355 g/mol. The number of rotatable bonds is 3. The smallest absolute Gasteiger partial charge is 0.177 e. The van der Waals surface area contributed by atoms with E-state index in [1.54, 1.807) is 0 Å². The summed E-state index contributed by atoms with van der Waals surface area (Å²) in [6, 6.07) is 10.3. The molecule has 0 unspecified atom stereocenters. The predicted molar refractivity (Wildman–Crippen MR) is 80.7 cm³/mol. The molecule has 0 amide bonds. The van der Waals surface area contributed by atoms with Gasteiger partial charge in [-0.25, -0.2) is 5.53 Å². The molecule has 0 radical (unpaired) electrons. The van der Waals surface area contributed by atoms with Crippen molar-refractivity contribution in [1.82, 2.24) is 25.9 Å². The number of aromatic nitrogens is 2. The third kappa shape index (κ3) is 2.43. The molecular formula is C12H13IN6. The summed E-state index contributed by atoms with van der Waals surface area (Å²) in [4.78, 5) is 0. The maximum atomic E-state index is 4.28. The average Bonchev–Trinajstić information content (AvgIpc) is 2.99. The molecule has 2 aromatic rings. The van der Waals surface area contributed by atoms with Gasteiger partial charge < -0.3 is 0 Å². The first-order chi connectivity index (χ1) is 9.25. The van der Waals surface area contributed by atoms with Crippen LogP contribution in [0.15, 0.2) is 41.6 Å². The van der Waals surface area contributed by atoms with Crippen molar-refractivity contribution in [3.05, 3.63) is 51.4 Å². The molecule has 1 aromatic carbocycles. The van der Waals surface area contributed by atoms with Crippen LogP contribution in [0.25, 0.3) is 0 Å². The lowest BCUT2D eigenvalue weighted by Gasteiger charge is -2.18. The number of hydrazone groups is 1. The fraction of sp³-hybridized carbons (Fsp3) is 0.167. The number of nitrogens with one attached hydrogen (secondary N) is 2. The highest BCUT2D eigenvalue weighted by molar-refractivity contribution is 14.1. The Kier molecular flexibility index (Phi) is 3.38. The fourth-order valence-corrected chi connectivity index (χ4v) is 2.42. The van der Waals surface area contributed by atoms with Crippen molar-refractivity contribution in [3.8, 4) is 0 Å². The van der Waals surface area contributed by atoms with Crippen molar-refractivity contribution in [2.24, 2.45) is 12.1 Å². The molecule has 1 aliphatic rings. The topological polar surface area (TPSA) is 57.5 Å². The van der Waals surface area contributed by atoms with E-state index >= 15 is 0 Å². The van der Waals surface area contributed by atoms with Gasteiger partial charge in [0.25, 0.3) is 0 Å². The van der Waals surface area contributed by atoms with Crippen LogP contribution >= 0.6 is 22.6 Å². The first-order valence-electron chi connectivity index (χ1n) is 5.83. The van der Waals surface area contributed by atoms with Gasteiger partial charge in [-0.05, 0) is 28.2 Å². The zero-order chi connectivity index (χ0) is 13.2. The molecule has 0 saturated carbocycles. The van der Waals surface area contributed by atoms with Crippen molar-refractivity contribution < 1.29 is 0 Å². The molecule has 2 heterocycles. The molecule has 0 bridgehead atoms. The summed E-state index contributed by atoms with van der Waals surface area (Å²) in [6.07, 6.45) is 1.83. The van der Waals surface area contributed by atoms with Gasteiger partial charge in [0, 0.05) is 7.05 Å². The van der Waals surface area contributed by atoms with Gasteiger partial charge in [0.05, 0.1) is 18.3 Å². The van der Waals surface area contributed by atoms with Crippen LogP contribution in [0.1, 0.15) is 11.1 Å². The number of hydrogen-bond donors (Lipinski definition) is 2. The summed E-state index contributed by atoms with van der Waals surface area (Å²) in [5.41, 5.74) is 8.05. The fourth-order valence-electron chi connectivity index (χ4n) is 1.91. The molecule has 6 nitrogen and oxygen atoms in total. The standard InChI is InChI=1S/C12H13IN6/c1-18-11(13)10(7-14-18)12-15-16-17-19(12)8-9-5-3-2-4-6-9/h2-7,16-17H,8H2,1H3. The molecule has 19 heavy (non-hydrogen) atoms. The van der Waals surface area contributed by atoms with E-state index in [1.807, 2.05) is 41.1 Å². The van der Waals surface area contributed by atoms with Crippen LogP contribution in [0.3, 0.4) is 0 Å². The maximum absolute atomic E-state index is 4.28. The zero-order valence-electron chi connectivity index (χ0n) is 10.3. The Morgan fingerprint density at radius 3 is 2.74 bits per heavy atom. The molecule has 0 saturated heterocycles. The number of halogens is 1. The first-order valence-corrected chi connectivity index (χ1v) is 6.91. The minimum Gasteiger partial charge on any atom is -0.266 e. The normalized spacial score (nSPS) is 14.4. The number of hydrogen-bond acceptors (Lipinski definition) is 5. The quantitative estimate of drug-likeness (QED) is 0.800. The average molecular weight is 368 g/mol. The molecule has 0 fully saturated rings. The van der Waals surface area contributed by atoms with Crippen molar-refractivity contribution in [2.75, 3.05) is 0 Å². The Balaban J connectivity index is 1.84. The van der Waals surface area contributed by atoms with Crippen LogP contribution in [0.2, 0.25) is 0 Å². The van der Waals surface area contributed by atoms with E-state index in [4.69, 9.17) is 0 Å². The van der Waals surface area contributed by atoms with Crippen molar-refractivity contribution in [2.45, 2.75) is 6.54 Å². The molecule has 1 aromatic heterocycles. The van der Waals surface area contributed by atoms with Gasteiger partial charge in [-0.3, -0.25) is 9.69 Å². The van der Waals surface area contributed by atoms with Crippen LogP contribution in [-0.2, 0) is 13.6 Å². The summed E-state index contributed by atoms with van der Waals surface area (Å²) in [7, 11) is 1.92. The Morgan fingerprint density at radius 2 is 2.05 bits per heavy atom. The summed E-state index contributed by atoms with van der Waals surface area (Å²) >= 11 is 2.27. The minimum absolute atomic E-state index is 0.734.